The monoisotopic (exact) mass is 386 g/mol. The first kappa shape index (κ1) is 18.5. The number of aromatic nitrogens is 3. The number of rotatable bonds is 5. The molecule has 1 heterocycles. The average molecular weight is 387 g/mol. The first-order valence-corrected chi connectivity index (χ1v) is 9.45. The van der Waals surface area contributed by atoms with Gasteiger partial charge in [0, 0.05) is 23.3 Å². The van der Waals surface area contributed by atoms with Gasteiger partial charge in [0.05, 0.1) is 5.75 Å². The number of benzene rings is 2. The van der Waals surface area contributed by atoms with Gasteiger partial charge < -0.3 is 9.88 Å². The van der Waals surface area contributed by atoms with Crippen LogP contribution in [0.4, 0.5) is 5.69 Å². The van der Waals surface area contributed by atoms with E-state index in [2.05, 4.69) is 21.6 Å². The van der Waals surface area contributed by atoms with Crippen LogP contribution >= 0.6 is 23.4 Å². The van der Waals surface area contributed by atoms with Gasteiger partial charge in [-0.1, -0.05) is 47.1 Å². The van der Waals surface area contributed by atoms with Crippen LogP contribution in [0.25, 0.3) is 11.4 Å². The fourth-order valence-electron chi connectivity index (χ4n) is 2.56. The molecule has 7 heteroatoms. The normalized spacial score (nSPS) is 10.8. The van der Waals surface area contributed by atoms with Crippen molar-refractivity contribution < 1.29 is 4.79 Å². The second-order valence-electron chi connectivity index (χ2n) is 6.03. The van der Waals surface area contributed by atoms with E-state index in [0.717, 1.165) is 28.2 Å². The Labute approximate surface area is 161 Å². The largest absolute Gasteiger partial charge is 0.325 e. The van der Waals surface area contributed by atoms with Crippen LogP contribution in [-0.4, -0.2) is 26.4 Å². The number of nitrogens with zero attached hydrogens (tertiary/aromatic N) is 3. The van der Waals surface area contributed by atoms with Crippen LogP contribution in [0.1, 0.15) is 11.1 Å². The Balaban J connectivity index is 1.66. The van der Waals surface area contributed by atoms with E-state index in [1.165, 1.54) is 11.8 Å². The van der Waals surface area contributed by atoms with E-state index < -0.39 is 0 Å². The highest BCUT2D eigenvalue weighted by atomic mass is 35.5. The van der Waals surface area contributed by atoms with Gasteiger partial charge in [0.2, 0.25) is 5.91 Å². The van der Waals surface area contributed by atoms with Crippen molar-refractivity contribution in [3.63, 3.8) is 0 Å². The van der Waals surface area contributed by atoms with E-state index >= 15 is 0 Å². The molecule has 5 nitrogen and oxygen atoms in total. The minimum absolute atomic E-state index is 0.0967. The van der Waals surface area contributed by atoms with E-state index in [1.54, 1.807) is 12.1 Å². The second-order valence-corrected chi connectivity index (χ2v) is 7.41. The summed E-state index contributed by atoms with van der Waals surface area (Å²) in [6, 6.07) is 13.5. The van der Waals surface area contributed by atoms with Crippen molar-refractivity contribution >= 4 is 35.0 Å². The van der Waals surface area contributed by atoms with Crippen LogP contribution in [-0.2, 0) is 11.8 Å². The molecule has 1 amide bonds. The lowest BCUT2D eigenvalue weighted by Crippen LogP contribution is -2.15. The van der Waals surface area contributed by atoms with E-state index in [-0.39, 0.29) is 11.7 Å². The van der Waals surface area contributed by atoms with Gasteiger partial charge >= 0.3 is 0 Å². The Morgan fingerprint density at radius 1 is 1.19 bits per heavy atom. The molecule has 0 saturated carbocycles. The molecule has 0 atom stereocenters. The zero-order chi connectivity index (χ0) is 18.7. The van der Waals surface area contributed by atoms with Crippen molar-refractivity contribution in [1.29, 1.82) is 0 Å². The van der Waals surface area contributed by atoms with Gasteiger partial charge in [-0.25, -0.2) is 0 Å². The summed E-state index contributed by atoms with van der Waals surface area (Å²) < 4.78 is 1.90. The number of hydrogen-bond acceptors (Lipinski definition) is 4. The van der Waals surface area contributed by atoms with Crippen LogP contribution in [0.5, 0.6) is 0 Å². The van der Waals surface area contributed by atoms with Crippen molar-refractivity contribution in [3.8, 4) is 11.4 Å². The lowest BCUT2D eigenvalue weighted by atomic mass is 10.1. The summed E-state index contributed by atoms with van der Waals surface area (Å²) in [7, 11) is 1.90. The maximum atomic E-state index is 12.2. The molecule has 0 bridgehead atoms. The number of aryl methyl sites for hydroxylation is 2. The molecule has 0 aliphatic carbocycles. The van der Waals surface area contributed by atoms with Crippen molar-refractivity contribution in [2.45, 2.75) is 19.0 Å². The summed E-state index contributed by atoms with van der Waals surface area (Å²) in [5, 5.41) is 12.7. The van der Waals surface area contributed by atoms with Crippen LogP contribution in [0, 0.1) is 13.8 Å². The van der Waals surface area contributed by atoms with Crippen molar-refractivity contribution in [1.82, 2.24) is 14.8 Å². The number of carbonyl (C=O) groups is 1. The molecule has 0 radical (unpaired) electrons. The van der Waals surface area contributed by atoms with Crippen molar-refractivity contribution in [2.75, 3.05) is 11.1 Å². The smallest absolute Gasteiger partial charge is 0.234 e. The molecule has 1 aromatic heterocycles. The predicted octanol–water partition coefficient (Wildman–Crippen LogP) is 4.48. The molecular formula is C19H19ClN4OS. The number of anilines is 1. The van der Waals surface area contributed by atoms with Gasteiger partial charge in [-0.2, -0.15) is 0 Å². The first-order chi connectivity index (χ1) is 12.4. The van der Waals surface area contributed by atoms with Gasteiger partial charge in [-0.15, -0.1) is 10.2 Å². The highest BCUT2D eigenvalue weighted by Crippen LogP contribution is 2.24. The summed E-state index contributed by atoms with van der Waals surface area (Å²) in [6.07, 6.45) is 0. The maximum Gasteiger partial charge on any atom is 0.234 e. The van der Waals surface area contributed by atoms with Gasteiger partial charge in [0.15, 0.2) is 11.0 Å². The Hall–Kier alpha value is -2.31. The fourth-order valence-corrected chi connectivity index (χ4v) is 3.50. The summed E-state index contributed by atoms with van der Waals surface area (Å²) in [4.78, 5) is 12.2. The lowest BCUT2D eigenvalue weighted by Gasteiger charge is -2.08. The third-order valence-electron chi connectivity index (χ3n) is 3.91. The number of amides is 1. The molecule has 3 rings (SSSR count). The number of nitrogens with one attached hydrogen (secondary N) is 1. The molecule has 0 unspecified atom stereocenters. The second kappa shape index (κ2) is 7.93. The third-order valence-corrected chi connectivity index (χ3v) is 5.16. The number of thioether (sulfide) groups is 1. The first-order valence-electron chi connectivity index (χ1n) is 8.09. The molecule has 0 saturated heterocycles. The summed E-state index contributed by atoms with van der Waals surface area (Å²) in [5.41, 5.74) is 3.86. The fraction of sp³-hybridized carbons (Fsp3) is 0.211. The predicted molar refractivity (Wildman–Crippen MR) is 107 cm³/mol. The summed E-state index contributed by atoms with van der Waals surface area (Å²) in [5.74, 6) is 0.938. The highest BCUT2D eigenvalue weighted by Gasteiger charge is 2.13. The topological polar surface area (TPSA) is 59.8 Å². The number of carbonyl (C=O) groups excluding carboxylic acids is 1. The Bertz CT molecular complexity index is 954. The van der Waals surface area contributed by atoms with Crippen LogP contribution in [0.3, 0.4) is 0 Å². The zero-order valence-corrected chi connectivity index (χ0v) is 16.4. The Morgan fingerprint density at radius 3 is 2.73 bits per heavy atom. The molecule has 0 spiro atoms. The van der Waals surface area contributed by atoms with E-state index in [1.807, 2.05) is 49.7 Å². The summed E-state index contributed by atoms with van der Waals surface area (Å²) in [6.45, 7) is 3.95. The molecule has 1 N–H and O–H groups in total. The number of halogens is 1. The van der Waals surface area contributed by atoms with E-state index in [0.29, 0.717) is 10.2 Å². The molecular weight excluding hydrogens is 368 g/mol. The zero-order valence-electron chi connectivity index (χ0n) is 14.8. The minimum Gasteiger partial charge on any atom is -0.325 e. The molecule has 0 aliphatic rings. The van der Waals surface area contributed by atoms with Gasteiger partial charge in [0.1, 0.15) is 0 Å². The van der Waals surface area contributed by atoms with E-state index in [4.69, 9.17) is 11.6 Å². The van der Waals surface area contributed by atoms with Crippen molar-refractivity contribution in [3.05, 3.63) is 58.6 Å². The van der Waals surface area contributed by atoms with Gasteiger partial charge in [-0.05, 0) is 43.7 Å². The van der Waals surface area contributed by atoms with Crippen molar-refractivity contribution in [2.24, 2.45) is 7.05 Å². The highest BCUT2D eigenvalue weighted by molar-refractivity contribution is 7.99. The molecule has 26 heavy (non-hydrogen) atoms. The SMILES string of the molecule is Cc1cccc(-c2nnc(SCC(=O)Nc3ccc(Cl)cc3C)n2C)c1. The third kappa shape index (κ3) is 4.26. The van der Waals surface area contributed by atoms with Crippen LogP contribution < -0.4 is 5.32 Å². The lowest BCUT2D eigenvalue weighted by molar-refractivity contribution is -0.113. The van der Waals surface area contributed by atoms with Crippen LogP contribution in [0.15, 0.2) is 47.6 Å². The number of hydrogen-bond donors (Lipinski definition) is 1. The molecule has 0 aliphatic heterocycles. The Kier molecular flexibility index (Phi) is 5.64. The molecule has 2 aromatic carbocycles. The summed E-state index contributed by atoms with van der Waals surface area (Å²) >= 11 is 7.29. The standard InChI is InChI=1S/C19H19ClN4OS/c1-12-5-4-6-14(9-12)18-22-23-19(24(18)3)26-11-17(25)21-16-8-7-15(20)10-13(16)2/h4-10H,11H2,1-3H3,(H,21,25). The Morgan fingerprint density at radius 2 is 2.00 bits per heavy atom. The quantitative estimate of drug-likeness (QED) is 0.656. The molecule has 134 valence electrons. The van der Waals surface area contributed by atoms with E-state index in [9.17, 15) is 4.79 Å². The van der Waals surface area contributed by atoms with Crippen LogP contribution in [0.2, 0.25) is 5.02 Å². The maximum absolute atomic E-state index is 12.2. The molecule has 0 fully saturated rings. The van der Waals surface area contributed by atoms with Gasteiger partial charge in [-0.3, -0.25) is 4.79 Å². The average Bonchev–Trinajstić information content (AvgIpc) is 2.96. The molecule has 3 aromatic rings. The van der Waals surface area contributed by atoms with Gasteiger partial charge in [0.25, 0.3) is 0 Å². The minimum atomic E-state index is -0.0967.